The fraction of sp³-hybridized carbons (Fsp3) is 0.278. The molecule has 1 atom stereocenters. The molecule has 1 fully saturated rings. The van der Waals surface area contributed by atoms with Crippen molar-refractivity contribution in [3.63, 3.8) is 0 Å². The highest BCUT2D eigenvalue weighted by Crippen LogP contribution is 2.16. The fourth-order valence-electron chi connectivity index (χ4n) is 2.85. The van der Waals surface area contributed by atoms with Crippen LogP contribution in [0.4, 0.5) is 5.82 Å². The molecule has 1 aliphatic heterocycles. The van der Waals surface area contributed by atoms with Crippen molar-refractivity contribution in [1.82, 2.24) is 20.6 Å². The number of anilines is 1. The smallest absolute Gasteiger partial charge is 0.267 e. The molecule has 7 nitrogen and oxygen atoms in total. The molecule has 2 aromatic rings. The van der Waals surface area contributed by atoms with E-state index in [4.69, 9.17) is 5.21 Å². The molecule has 2 heterocycles. The van der Waals surface area contributed by atoms with Crippen molar-refractivity contribution in [2.75, 3.05) is 18.4 Å². The number of rotatable bonds is 6. The van der Waals surface area contributed by atoms with Crippen molar-refractivity contribution >= 4 is 17.8 Å². The van der Waals surface area contributed by atoms with Gasteiger partial charge in [-0.15, -0.1) is 10.2 Å². The first-order valence-corrected chi connectivity index (χ1v) is 8.21. The predicted molar refractivity (Wildman–Crippen MR) is 94.7 cm³/mol. The second-order valence-electron chi connectivity index (χ2n) is 6.00. The molecule has 1 saturated heterocycles. The fourth-order valence-corrected chi connectivity index (χ4v) is 2.85. The van der Waals surface area contributed by atoms with E-state index in [0.29, 0.717) is 11.7 Å². The first-order chi connectivity index (χ1) is 12.2. The summed E-state index contributed by atoms with van der Waals surface area (Å²) in [6.45, 7) is 2.98. The van der Waals surface area contributed by atoms with Crippen LogP contribution in [0.5, 0.6) is 0 Å². The van der Waals surface area contributed by atoms with Crippen LogP contribution in [0, 0.1) is 0 Å². The van der Waals surface area contributed by atoms with Crippen LogP contribution >= 0.6 is 0 Å². The molecule has 0 radical (unpaired) electrons. The van der Waals surface area contributed by atoms with E-state index in [1.165, 1.54) is 23.2 Å². The molecular weight excluding hydrogens is 318 g/mol. The minimum absolute atomic E-state index is 0.347. The van der Waals surface area contributed by atoms with Gasteiger partial charge in [-0.25, -0.2) is 5.48 Å². The molecule has 1 aromatic heterocycles. The van der Waals surface area contributed by atoms with E-state index in [0.717, 1.165) is 31.9 Å². The lowest BCUT2D eigenvalue weighted by Crippen LogP contribution is -2.26. The summed E-state index contributed by atoms with van der Waals surface area (Å²) >= 11 is 0. The van der Waals surface area contributed by atoms with Crippen molar-refractivity contribution < 1.29 is 10.0 Å². The van der Waals surface area contributed by atoms with Gasteiger partial charge >= 0.3 is 0 Å². The van der Waals surface area contributed by atoms with Gasteiger partial charge in [-0.2, -0.15) is 0 Å². The van der Waals surface area contributed by atoms with Crippen molar-refractivity contribution in [3.05, 3.63) is 59.8 Å². The van der Waals surface area contributed by atoms with Crippen LogP contribution in [0.15, 0.2) is 48.5 Å². The highest BCUT2D eigenvalue weighted by atomic mass is 16.5. The van der Waals surface area contributed by atoms with E-state index >= 15 is 0 Å². The normalized spacial score (nSPS) is 17.7. The molecule has 1 aromatic carbocycles. The Bertz CT molecular complexity index is 718. The topological polar surface area (TPSA) is 90.4 Å². The zero-order valence-electron chi connectivity index (χ0n) is 13.8. The summed E-state index contributed by atoms with van der Waals surface area (Å²) in [5.41, 5.74) is 3.40. The minimum Gasteiger partial charge on any atom is -0.365 e. The van der Waals surface area contributed by atoms with Gasteiger partial charge < -0.3 is 5.32 Å². The third-order valence-electron chi connectivity index (χ3n) is 4.07. The monoisotopic (exact) mass is 339 g/mol. The summed E-state index contributed by atoms with van der Waals surface area (Å²) < 4.78 is 0. The van der Waals surface area contributed by atoms with Crippen LogP contribution in [0.25, 0.3) is 6.08 Å². The summed E-state index contributed by atoms with van der Waals surface area (Å²) in [6.07, 6.45) is 3.74. The maximum absolute atomic E-state index is 10.9. The summed E-state index contributed by atoms with van der Waals surface area (Å²) in [5, 5.41) is 20.0. The molecule has 3 N–H and O–H groups in total. The average Bonchev–Trinajstić information content (AvgIpc) is 3.08. The van der Waals surface area contributed by atoms with Gasteiger partial charge in [0.15, 0.2) is 0 Å². The van der Waals surface area contributed by atoms with E-state index < -0.39 is 5.91 Å². The van der Waals surface area contributed by atoms with Crippen LogP contribution in [0.3, 0.4) is 0 Å². The van der Waals surface area contributed by atoms with Gasteiger partial charge in [-0.3, -0.25) is 14.9 Å². The highest BCUT2D eigenvalue weighted by Gasteiger charge is 2.22. The highest BCUT2D eigenvalue weighted by molar-refractivity contribution is 5.90. The quantitative estimate of drug-likeness (QED) is 0.421. The number of nitrogens with one attached hydrogen (secondary N) is 2. The number of hydrogen-bond acceptors (Lipinski definition) is 6. The van der Waals surface area contributed by atoms with E-state index in [-0.39, 0.29) is 0 Å². The molecule has 7 heteroatoms. The number of amides is 1. The van der Waals surface area contributed by atoms with Crippen molar-refractivity contribution in [2.24, 2.45) is 0 Å². The molecule has 1 amide bonds. The molecule has 130 valence electrons. The molecule has 25 heavy (non-hydrogen) atoms. The number of carbonyl (C=O) groups excluding carboxylic acids is 1. The van der Waals surface area contributed by atoms with Gasteiger partial charge in [0.25, 0.3) is 5.91 Å². The van der Waals surface area contributed by atoms with E-state index in [1.807, 2.05) is 12.1 Å². The van der Waals surface area contributed by atoms with Crippen LogP contribution < -0.4 is 10.8 Å². The summed E-state index contributed by atoms with van der Waals surface area (Å²) in [7, 11) is 0. The van der Waals surface area contributed by atoms with Gasteiger partial charge in [0.05, 0.1) is 5.69 Å². The molecular formula is C18H21N5O2. The summed E-state index contributed by atoms with van der Waals surface area (Å²) in [6, 6.07) is 14.4. The SMILES string of the molecule is O=C(/C=C/c1ccc(N[C@@H]2CCN(Cc3ccccc3)C2)nn1)NO. The predicted octanol–water partition coefficient (Wildman–Crippen LogP) is 1.68. The van der Waals surface area contributed by atoms with Crippen molar-refractivity contribution in [3.8, 4) is 0 Å². The molecule has 0 bridgehead atoms. The Labute approximate surface area is 146 Å². The Hall–Kier alpha value is -2.77. The minimum atomic E-state index is -0.603. The first kappa shape index (κ1) is 17.1. The summed E-state index contributed by atoms with van der Waals surface area (Å²) in [5.74, 6) is 0.115. The number of hydroxylamine groups is 1. The van der Waals surface area contributed by atoms with Crippen LogP contribution in [-0.2, 0) is 11.3 Å². The van der Waals surface area contributed by atoms with Crippen LogP contribution in [0.1, 0.15) is 17.7 Å². The molecule has 1 aliphatic rings. The Morgan fingerprint density at radius 1 is 1.24 bits per heavy atom. The average molecular weight is 339 g/mol. The standard InChI is InChI=1S/C18H21N5O2/c24-18(22-25)9-7-15-6-8-17(21-20-15)19-16-10-11-23(13-16)12-14-4-2-1-3-5-14/h1-9,16,25H,10-13H2,(H,19,21)(H,22,24)/b9-7+/t16-/m1/s1. The maximum Gasteiger partial charge on any atom is 0.267 e. The lowest BCUT2D eigenvalue weighted by atomic mass is 10.2. The Morgan fingerprint density at radius 3 is 2.80 bits per heavy atom. The van der Waals surface area contributed by atoms with Gasteiger partial charge in [0.2, 0.25) is 0 Å². The zero-order chi connectivity index (χ0) is 17.5. The molecule has 0 unspecified atom stereocenters. The second kappa shape index (κ2) is 8.36. The largest absolute Gasteiger partial charge is 0.365 e. The Kier molecular flexibility index (Phi) is 5.71. The molecule has 3 rings (SSSR count). The molecule has 0 aliphatic carbocycles. The third kappa shape index (κ3) is 5.10. The van der Waals surface area contributed by atoms with Crippen LogP contribution in [-0.4, -0.2) is 45.3 Å². The Morgan fingerprint density at radius 2 is 2.08 bits per heavy atom. The molecule has 0 saturated carbocycles. The number of benzene rings is 1. The third-order valence-corrected chi connectivity index (χ3v) is 4.07. The van der Waals surface area contributed by atoms with Gasteiger partial charge in [0, 0.05) is 31.8 Å². The zero-order valence-corrected chi connectivity index (χ0v) is 13.8. The number of nitrogens with zero attached hydrogens (tertiary/aromatic N) is 3. The Balaban J connectivity index is 1.50. The maximum atomic E-state index is 10.9. The van der Waals surface area contributed by atoms with E-state index in [1.54, 1.807) is 6.07 Å². The number of aromatic nitrogens is 2. The number of carbonyl (C=O) groups is 1. The van der Waals surface area contributed by atoms with Crippen LogP contribution in [0.2, 0.25) is 0 Å². The van der Waals surface area contributed by atoms with Gasteiger partial charge in [-0.05, 0) is 30.2 Å². The first-order valence-electron chi connectivity index (χ1n) is 8.21. The number of hydrogen-bond donors (Lipinski definition) is 3. The van der Waals surface area contributed by atoms with Gasteiger partial charge in [-0.1, -0.05) is 30.3 Å². The lowest BCUT2D eigenvalue weighted by Gasteiger charge is -2.17. The number of likely N-dealkylation sites (tertiary alicyclic amines) is 1. The second-order valence-corrected chi connectivity index (χ2v) is 6.00. The van der Waals surface area contributed by atoms with E-state index in [2.05, 4.69) is 44.7 Å². The lowest BCUT2D eigenvalue weighted by molar-refractivity contribution is -0.124. The molecule has 0 spiro atoms. The summed E-state index contributed by atoms with van der Waals surface area (Å²) in [4.78, 5) is 13.4. The van der Waals surface area contributed by atoms with Gasteiger partial charge in [0.1, 0.15) is 5.82 Å². The van der Waals surface area contributed by atoms with Crippen molar-refractivity contribution in [2.45, 2.75) is 19.0 Å². The van der Waals surface area contributed by atoms with E-state index in [9.17, 15) is 4.79 Å². The van der Waals surface area contributed by atoms with Crippen molar-refractivity contribution in [1.29, 1.82) is 0 Å².